The lowest BCUT2D eigenvalue weighted by Crippen LogP contribution is -2.52. The number of esters is 2. The minimum absolute atomic E-state index is 0.133. The maximum atomic E-state index is 12.9. The molecule has 16 heteroatoms. The normalized spacial score (nSPS) is 29.3. The summed E-state index contributed by atoms with van der Waals surface area (Å²) in [5.41, 5.74) is -8.26. The predicted molar refractivity (Wildman–Crippen MR) is 138 cm³/mol. The molecular weight excluding hydrogens is 637 g/mol. The first-order chi connectivity index (χ1) is 20.4. The summed E-state index contributed by atoms with van der Waals surface area (Å²) >= 11 is 0. The molecule has 0 aromatic heterocycles. The minimum Gasteiger partial charge on any atom is -0.462 e. The molecule has 45 heavy (non-hydrogen) atoms. The van der Waals surface area contributed by atoms with Gasteiger partial charge in [0.2, 0.25) is 5.60 Å². The highest BCUT2D eigenvalue weighted by molar-refractivity contribution is 5.77. The van der Waals surface area contributed by atoms with Gasteiger partial charge < -0.3 is 14.6 Å². The fourth-order valence-corrected chi connectivity index (χ4v) is 6.38. The number of halogens is 11. The summed E-state index contributed by atoms with van der Waals surface area (Å²) in [5, 5.41) is 8.95. The zero-order valence-electron chi connectivity index (χ0n) is 25.4. The summed E-state index contributed by atoms with van der Waals surface area (Å²) < 4.78 is 149. The van der Waals surface area contributed by atoms with Crippen molar-refractivity contribution in [3.8, 4) is 0 Å². The van der Waals surface area contributed by atoms with Gasteiger partial charge in [0, 0.05) is 0 Å². The number of alkyl halides is 11. The van der Waals surface area contributed by atoms with E-state index >= 15 is 0 Å². The highest BCUT2D eigenvalue weighted by Gasteiger charge is 2.62. The molecule has 3 aliphatic rings. The van der Waals surface area contributed by atoms with Crippen molar-refractivity contribution in [2.45, 2.75) is 135 Å². The van der Waals surface area contributed by atoms with Crippen LogP contribution in [0.1, 0.15) is 91.9 Å². The lowest BCUT2D eigenvalue weighted by Gasteiger charge is -2.33. The van der Waals surface area contributed by atoms with Crippen LogP contribution in [0.3, 0.4) is 0 Å². The van der Waals surface area contributed by atoms with Gasteiger partial charge in [-0.2, -0.15) is 39.5 Å². The Bertz CT molecular complexity index is 991. The molecule has 2 bridgehead atoms. The van der Waals surface area contributed by atoms with E-state index < -0.39 is 67.3 Å². The topological polar surface area (TPSA) is 72.8 Å². The first kappa shape index (κ1) is 39.3. The first-order valence-corrected chi connectivity index (χ1v) is 15.0. The van der Waals surface area contributed by atoms with Gasteiger partial charge in [-0.25, -0.2) is 8.78 Å². The third-order valence-corrected chi connectivity index (χ3v) is 10.1. The molecule has 0 aromatic rings. The van der Waals surface area contributed by atoms with Crippen molar-refractivity contribution < 1.29 is 72.5 Å². The molecule has 5 nitrogen and oxygen atoms in total. The molecule has 0 radical (unpaired) electrons. The number of fused-ring (bicyclic) bond motifs is 2. The van der Waals surface area contributed by atoms with Crippen molar-refractivity contribution >= 4 is 11.9 Å². The number of carbonyl (C=O) groups is 2. The van der Waals surface area contributed by atoms with Gasteiger partial charge in [-0.3, -0.25) is 9.59 Å². The Labute approximate surface area is 254 Å². The summed E-state index contributed by atoms with van der Waals surface area (Å²) in [4.78, 5) is 23.9. The zero-order valence-corrected chi connectivity index (χ0v) is 25.4. The summed E-state index contributed by atoms with van der Waals surface area (Å²) in [6.07, 6.45) is -21.9. The number of hydrogen-bond acceptors (Lipinski definition) is 5. The van der Waals surface area contributed by atoms with Gasteiger partial charge in [0.25, 0.3) is 6.43 Å². The molecular formula is C29H41F11O5. The van der Waals surface area contributed by atoms with Crippen LogP contribution < -0.4 is 0 Å². The first-order valence-electron chi connectivity index (χ1n) is 15.0. The molecule has 0 spiro atoms. The van der Waals surface area contributed by atoms with Crippen molar-refractivity contribution in [2.75, 3.05) is 0 Å². The summed E-state index contributed by atoms with van der Waals surface area (Å²) in [6, 6.07) is 0. The molecule has 0 saturated heterocycles. The van der Waals surface area contributed by atoms with E-state index in [2.05, 4.69) is 18.6 Å². The standard InChI is InChI=1S/C16H26O2.C13H15F11O3/c1-10-11(2)14-8-12(10)9-15(14)16(17)18-13-6-4-3-5-7-13;1-3-9(2,12(19,20)21)8(25)27-6(11(16,17)18)4-5-10(26,7(14)15)13(22,23)24/h10-15H,3-9H2,1-2H3;6-7,26H,3-5H2,1-2H3. The summed E-state index contributed by atoms with van der Waals surface area (Å²) in [5.74, 6) is 0.847. The van der Waals surface area contributed by atoms with Crippen LogP contribution in [-0.2, 0) is 19.1 Å². The third-order valence-electron chi connectivity index (χ3n) is 10.1. The predicted octanol–water partition coefficient (Wildman–Crippen LogP) is 8.57. The molecule has 0 aromatic carbocycles. The Morgan fingerprint density at radius 3 is 1.82 bits per heavy atom. The van der Waals surface area contributed by atoms with Crippen LogP contribution in [0.15, 0.2) is 0 Å². The van der Waals surface area contributed by atoms with E-state index in [-0.39, 0.29) is 24.9 Å². The lowest BCUT2D eigenvalue weighted by atomic mass is 9.76. The Morgan fingerprint density at radius 1 is 0.867 bits per heavy atom. The Balaban J connectivity index is 0.000000335. The smallest absolute Gasteiger partial charge is 0.425 e. The van der Waals surface area contributed by atoms with E-state index in [1.807, 2.05) is 0 Å². The highest BCUT2D eigenvalue weighted by atomic mass is 19.4. The molecule has 0 amide bonds. The van der Waals surface area contributed by atoms with Gasteiger partial charge in [-0.1, -0.05) is 27.2 Å². The Morgan fingerprint density at radius 2 is 1.42 bits per heavy atom. The van der Waals surface area contributed by atoms with E-state index in [1.54, 1.807) is 0 Å². The van der Waals surface area contributed by atoms with Gasteiger partial charge in [0.05, 0.1) is 5.92 Å². The maximum absolute atomic E-state index is 12.9. The average Bonchev–Trinajstić information content (AvgIpc) is 3.48. The Kier molecular flexibility index (Phi) is 12.7. The summed E-state index contributed by atoms with van der Waals surface area (Å²) in [6.45, 7) is 5.71. The van der Waals surface area contributed by atoms with Crippen LogP contribution in [0.25, 0.3) is 0 Å². The number of hydrogen-bond donors (Lipinski definition) is 1. The molecule has 3 saturated carbocycles. The van der Waals surface area contributed by atoms with Crippen molar-refractivity contribution in [3.63, 3.8) is 0 Å². The van der Waals surface area contributed by atoms with Crippen LogP contribution in [0.2, 0.25) is 0 Å². The number of ether oxygens (including phenoxy) is 2. The second-order valence-corrected chi connectivity index (χ2v) is 12.8. The van der Waals surface area contributed by atoms with E-state index in [9.17, 15) is 57.9 Å². The van der Waals surface area contributed by atoms with Gasteiger partial charge >= 0.3 is 30.5 Å². The molecule has 0 aliphatic heterocycles. The van der Waals surface area contributed by atoms with Crippen LogP contribution in [0, 0.1) is 35.0 Å². The van der Waals surface area contributed by atoms with Crippen LogP contribution in [0.5, 0.6) is 0 Å². The monoisotopic (exact) mass is 678 g/mol. The third kappa shape index (κ3) is 8.94. The highest BCUT2D eigenvalue weighted by Crippen LogP contribution is 2.55. The van der Waals surface area contributed by atoms with Crippen molar-refractivity contribution in [2.24, 2.45) is 35.0 Å². The largest absolute Gasteiger partial charge is 0.462 e. The fourth-order valence-electron chi connectivity index (χ4n) is 6.38. The van der Waals surface area contributed by atoms with E-state index in [1.165, 1.54) is 25.7 Å². The molecule has 0 heterocycles. The van der Waals surface area contributed by atoms with E-state index in [0.29, 0.717) is 11.8 Å². The van der Waals surface area contributed by atoms with Crippen LogP contribution in [-0.4, -0.2) is 59.8 Å². The van der Waals surface area contributed by atoms with Gasteiger partial charge in [-0.15, -0.1) is 0 Å². The van der Waals surface area contributed by atoms with Crippen LogP contribution in [0.4, 0.5) is 48.3 Å². The van der Waals surface area contributed by atoms with Gasteiger partial charge in [0.1, 0.15) is 6.10 Å². The molecule has 264 valence electrons. The minimum atomic E-state index is -6.04. The number of rotatable bonds is 9. The second-order valence-electron chi connectivity index (χ2n) is 12.8. The van der Waals surface area contributed by atoms with E-state index in [0.717, 1.165) is 38.0 Å². The molecule has 3 fully saturated rings. The molecule has 8 atom stereocenters. The summed E-state index contributed by atoms with van der Waals surface area (Å²) in [7, 11) is 0. The second kappa shape index (κ2) is 14.5. The fraction of sp³-hybridized carbons (Fsp3) is 0.931. The van der Waals surface area contributed by atoms with Gasteiger partial charge in [0.15, 0.2) is 11.5 Å². The number of aliphatic hydroxyl groups is 1. The number of carbonyl (C=O) groups excluding carboxylic acids is 2. The Hall–Kier alpha value is -1.87. The van der Waals surface area contributed by atoms with Crippen molar-refractivity contribution in [1.29, 1.82) is 0 Å². The molecule has 1 N–H and O–H groups in total. The molecule has 3 rings (SSSR count). The van der Waals surface area contributed by atoms with Crippen LogP contribution >= 0.6 is 0 Å². The average molecular weight is 679 g/mol. The zero-order chi connectivity index (χ0) is 34.8. The SMILES string of the molecule is CC1C2CC(C(=O)OC3CCCCC3)C(C2)C1C.CCC(C)(C(=O)OC(CCC(O)(C(F)F)C(F)(F)F)C(F)(F)F)C(F)(F)F. The van der Waals surface area contributed by atoms with Gasteiger partial charge in [-0.05, 0) is 88.4 Å². The molecule has 8 unspecified atom stereocenters. The van der Waals surface area contributed by atoms with Crippen molar-refractivity contribution in [1.82, 2.24) is 0 Å². The maximum Gasteiger partial charge on any atom is 0.425 e. The molecule has 3 aliphatic carbocycles. The quantitative estimate of drug-likeness (QED) is 0.196. The van der Waals surface area contributed by atoms with E-state index in [4.69, 9.17) is 9.84 Å². The lowest BCUT2D eigenvalue weighted by molar-refractivity contribution is -0.305. The van der Waals surface area contributed by atoms with Crippen molar-refractivity contribution in [3.05, 3.63) is 0 Å².